The molecule has 0 aromatic carbocycles. The molecule has 2 heterocycles. The number of pyridine rings is 1. The summed E-state index contributed by atoms with van der Waals surface area (Å²) in [5, 5.41) is 0.430. The number of fused-ring (bicyclic) bond motifs is 1. The van der Waals surface area contributed by atoms with Crippen LogP contribution in [0.15, 0.2) is 24.0 Å². The standard InChI is InChI=1S/C24H29FN2O2/c1-13(19-11-26-23-21(19)22(25)20(29-3)12-27-23)4-17(28)7-18-15-5-14-6-16(18)10-24(2,8-14)9-15/h7,11-16H,4-6,8-10H2,1-3H3,(H,26,27). The van der Waals surface area contributed by atoms with Crippen molar-refractivity contribution in [3.63, 3.8) is 0 Å². The van der Waals surface area contributed by atoms with Crippen molar-refractivity contribution in [2.75, 3.05) is 7.11 Å². The van der Waals surface area contributed by atoms with E-state index >= 15 is 0 Å². The molecule has 0 spiro atoms. The minimum absolute atomic E-state index is 0.0918. The second-order valence-corrected chi connectivity index (χ2v) is 9.98. The first-order chi connectivity index (χ1) is 13.9. The topological polar surface area (TPSA) is 55.0 Å². The average Bonchev–Trinajstić information content (AvgIpc) is 3.09. The Kier molecular flexibility index (Phi) is 4.34. The van der Waals surface area contributed by atoms with Crippen LogP contribution in [0.4, 0.5) is 4.39 Å². The first kappa shape index (κ1) is 18.8. The number of rotatable bonds is 5. The van der Waals surface area contributed by atoms with Crippen LogP contribution in [0.5, 0.6) is 5.75 Å². The smallest absolute Gasteiger partial charge is 0.177 e. The highest BCUT2D eigenvalue weighted by atomic mass is 19.1. The molecule has 4 bridgehead atoms. The Labute approximate surface area is 170 Å². The van der Waals surface area contributed by atoms with Gasteiger partial charge in [-0.2, -0.15) is 0 Å². The Hall–Kier alpha value is -2.17. The largest absolute Gasteiger partial charge is 0.492 e. The lowest BCUT2D eigenvalue weighted by atomic mass is 9.48. The minimum atomic E-state index is -0.416. The van der Waals surface area contributed by atoms with Gasteiger partial charge >= 0.3 is 0 Å². The number of aromatic nitrogens is 2. The van der Waals surface area contributed by atoms with Gasteiger partial charge in [0, 0.05) is 12.6 Å². The summed E-state index contributed by atoms with van der Waals surface area (Å²) in [4.78, 5) is 20.2. The monoisotopic (exact) mass is 396 g/mol. The molecular formula is C24H29FN2O2. The van der Waals surface area contributed by atoms with E-state index < -0.39 is 5.82 Å². The predicted molar refractivity (Wildman–Crippen MR) is 110 cm³/mol. The lowest BCUT2D eigenvalue weighted by molar-refractivity contribution is -0.115. The van der Waals surface area contributed by atoms with Crippen molar-refractivity contribution in [2.24, 2.45) is 23.2 Å². The summed E-state index contributed by atoms with van der Waals surface area (Å²) in [5.74, 6) is 1.85. The number of aromatic amines is 1. The van der Waals surface area contributed by atoms with Crippen LogP contribution in [0, 0.1) is 29.0 Å². The van der Waals surface area contributed by atoms with Crippen molar-refractivity contribution in [1.82, 2.24) is 9.97 Å². The number of nitrogens with one attached hydrogen (secondary N) is 1. The molecule has 0 aliphatic heterocycles. The number of methoxy groups -OCH3 is 1. The number of carbonyl (C=O) groups excluding carboxylic acids is 1. The van der Waals surface area contributed by atoms with Crippen LogP contribution in [0.25, 0.3) is 11.0 Å². The third-order valence-corrected chi connectivity index (χ3v) is 7.66. The number of halogens is 1. The molecule has 2 aromatic rings. The van der Waals surface area contributed by atoms with Gasteiger partial charge in [-0.05, 0) is 72.8 Å². The second kappa shape index (κ2) is 6.68. The fourth-order valence-corrected chi connectivity index (χ4v) is 6.70. The van der Waals surface area contributed by atoms with Crippen LogP contribution in [0.3, 0.4) is 0 Å². The van der Waals surface area contributed by atoms with Gasteiger partial charge in [0.2, 0.25) is 0 Å². The highest BCUT2D eigenvalue weighted by Crippen LogP contribution is 2.61. The number of allylic oxidation sites excluding steroid dienone is 2. The highest BCUT2D eigenvalue weighted by Gasteiger charge is 2.50. The van der Waals surface area contributed by atoms with Gasteiger partial charge in [-0.15, -0.1) is 0 Å². The average molecular weight is 397 g/mol. The fourth-order valence-electron chi connectivity index (χ4n) is 6.70. The highest BCUT2D eigenvalue weighted by molar-refractivity contribution is 5.92. The summed E-state index contributed by atoms with van der Waals surface area (Å²) in [6.07, 6.45) is 11.9. The number of nitrogens with zero attached hydrogens (tertiary/aromatic N) is 1. The van der Waals surface area contributed by atoms with E-state index in [1.54, 1.807) is 6.20 Å². The molecule has 4 nitrogen and oxygen atoms in total. The molecule has 1 N–H and O–H groups in total. The normalized spacial score (nSPS) is 31.3. The summed E-state index contributed by atoms with van der Waals surface area (Å²) in [5.41, 5.74) is 3.18. The molecule has 5 heteroatoms. The number of ketones is 1. The Morgan fingerprint density at radius 3 is 2.76 bits per heavy atom. The van der Waals surface area contributed by atoms with Crippen molar-refractivity contribution >= 4 is 16.8 Å². The van der Waals surface area contributed by atoms with Crippen LogP contribution < -0.4 is 4.74 Å². The lowest BCUT2D eigenvalue weighted by Crippen LogP contribution is -2.46. The predicted octanol–water partition coefficient (Wildman–Crippen LogP) is 5.55. The number of H-pyrrole nitrogens is 1. The van der Waals surface area contributed by atoms with Gasteiger partial charge in [0.15, 0.2) is 17.3 Å². The third kappa shape index (κ3) is 3.10. The van der Waals surface area contributed by atoms with Gasteiger partial charge in [0.1, 0.15) is 5.65 Å². The first-order valence-electron chi connectivity index (χ1n) is 10.8. The molecular weight excluding hydrogens is 367 g/mol. The van der Waals surface area contributed by atoms with E-state index in [1.807, 2.05) is 13.0 Å². The van der Waals surface area contributed by atoms with Gasteiger partial charge in [0.25, 0.3) is 0 Å². The van der Waals surface area contributed by atoms with Crippen molar-refractivity contribution < 1.29 is 13.9 Å². The molecule has 4 aliphatic rings. The Morgan fingerprint density at radius 1 is 1.38 bits per heavy atom. The molecule has 0 radical (unpaired) electrons. The van der Waals surface area contributed by atoms with Gasteiger partial charge < -0.3 is 9.72 Å². The van der Waals surface area contributed by atoms with Crippen molar-refractivity contribution in [3.05, 3.63) is 35.4 Å². The van der Waals surface area contributed by atoms with Crippen molar-refractivity contribution in [1.29, 1.82) is 0 Å². The van der Waals surface area contributed by atoms with Crippen LogP contribution in [-0.4, -0.2) is 22.9 Å². The molecule has 29 heavy (non-hydrogen) atoms. The third-order valence-electron chi connectivity index (χ3n) is 7.66. The van der Waals surface area contributed by atoms with E-state index in [1.165, 1.54) is 51.0 Å². The van der Waals surface area contributed by atoms with E-state index in [0.29, 0.717) is 34.7 Å². The van der Waals surface area contributed by atoms with Crippen LogP contribution in [0.2, 0.25) is 0 Å². The van der Waals surface area contributed by atoms with E-state index in [4.69, 9.17) is 4.74 Å². The second-order valence-electron chi connectivity index (χ2n) is 9.98. The van der Waals surface area contributed by atoms with E-state index in [0.717, 1.165) is 11.5 Å². The molecule has 3 atom stereocenters. The van der Waals surface area contributed by atoms with Crippen LogP contribution in [-0.2, 0) is 4.79 Å². The quantitative estimate of drug-likeness (QED) is 0.675. The molecule has 0 amide bonds. The Morgan fingerprint density at radius 2 is 2.10 bits per heavy atom. The van der Waals surface area contributed by atoms with E-state index in [-0.39, 0.29) is 17.5 Å². The number of carbonyl (C=O) groups is 1. The summed E-state index contributed by atoms with van der Waals surface area (Å²) < 4.78 is 19.9. The maximum absolute atomic E-state index is 14.8. The molecule has 0 saturated heterocycles. The molecule has 154 valence electrons. The zero-order valence-electron chi connectivity index (χ0n) is 17.4. The van der Waals surface area contributed by atoms with Gasteiger partial charge in [0.05, 0.1) is 18.7 Å². The maximum Gasteiger partial charge on any atom is 0.177 e. The molecule has 4 aliphatic carbocycles. The summed E-state index contributed by atoms with van der Waals surface area (Å²) >= 11 is 0. The summed E-state index contributed by atoms with van der Waals surface area (Å²) in [6, 6.07) is 0. The SMILES string of the molecule is COc1cnc2[nH]cc(C(C)CC(=O)C=C3C4CC5CC3CC(C)(C5)C4)c2c1F. The molecule has 6 rings (SSSR count). The van der Waals surface area contributed by atoms with Gasteiger partial charge in [-0.1, -0.05) is 19.4 Å². The van der Waals surface area contributed by atoms with Crippen molar-refractivity contribution in [2.45, 2.75) is 58.3 Å². The summed E-state index contributed by atoms with van der Waals surface area (Å²) in [6.45, 7) is 4.42. The van der Waals surface area contributed by atoms with Gasteiger partial charge in [-0.25, -0.2) is 9.37 Å². The van der Waals surface area contributed by atoms with Crippen LogP contribution >= 0.6 is 0 Å². The lowest BCUT2D eigenvalue weighted by Gasteiger charge is -2.56. The van der Waals surface area contributed by atoms with Crippen molar-refractivity contribution in [3.8, 4) is 5.75 Å². The summed E-state index contributed by atoms with van der Waals surface area (Å²) in [7, 11) is 1.43. The maximum atomic E-state index is 14.8. The fraction of sp³-hybridized carbons (Fsp3) is 0.583. The number of hydrogen-bond donors (Lipinski definition) is 1. The van der Waals surface area contributed by atoms with Gasteiger partial charge in [-0.3, -0.25) is 4.79 Å². The zero-order chi connectivity index (χ0) is 20.3. The molecule has 3 unspecified atom stereocenters. The van der Waals surface area contributed by atoms with Crippen LogP contribution in [0.1, 0.15) is 63.9 Å². The zero-order valence-corrected chi connectivity index (χ0v) is 17.4. The Balaban J connectivity index is 1.37. The molecule has 4 fully saturated rings. The minimum Gasteiger partial charge on any atom is -0.492 e. The Bertz CT molecular complexity index is 990. The molecule has 2 aromatic heterocycles. The van der Waals surface area contributed by atoms with E-state index in [9.17, 15) is 9.18 Å². The van der Waals surface area contributed by atoms with E-state index in [2.05, 4.69) is 16.9 Å². The number of hydrogen-bond acceptors (Lipinski definition) is 3. The molecule has 4 saturated carbocycles. The first-order valence-corrected chi connectivity index (χ1v) is 10.8. The number of ether oxygens (including phenoxy) is 1.